The molecule has 0 fully saturated rings. The highest BCUT2D eigenvalue weighted by Crippen LogP contribution is 2.20. The van der Waals surface area contributed by atoms with Crippen molar-refractivity contribution >= 4 is 28.9 Å². The number of rotatable bonds is 3. The van der Waals surface area contributed by atoms with E-state index in [4.69, 9.17) is 11.6 Å². The largest absolute Gasteiger partial charge is 0.378 e. The molecule has 0 heterocycles. The summed E-state index contributed by atoms with van der Waals surface area (Å²) in [5.74, 6) is -0.859. The maximum atomic E-state index is 13.3. The molecule has 0 saturated heterocycles. The first-order valence-electron chi connectivity index (χ1n) is 6.01. The Morgan fingerprint density at radius 2 is 1.95 bits per heavy atom. The van der Waals surface area contributed by atoms with Crippen molar-refractivity contribution < 1.29 is 9.18 Å². The molecule has 0 saturated carbocycles. The fraction of sp³-hybridized carbons (Fsp3) is 0.133. The third-order valence-electron chi connectivity index (χ3n) is 2.80. The van der Waals surface area contributed by atoms with E-state index in [0.29, 0.717) is 11.3 Å². The molecule has 0 bridgehead atoms. The molecule has 104 valence electrons. The summed E-state index contributed by atoms with van der Waals surface area (Å²) < 4.78 is 13.3. The highest BCUT2D eigenvalue weighted by molar-refractivity contribution is 6.30. The Kier molecular flexibility index (Phi) is 4.25. The van der Waals surface area contributed by atoms with E-state index in [-0.39, 0.29) is 10.9 Å². The Balaban J connectivity index is 2.19. The van der Waals surface area contributed by atoms with Crippen LogP contribution in [-0.2, 0) is 0 Å². The van der Waals surface area contributed by atoms with Gasteiger partial charge in [0.25, 0.3) is 5.91 Å². The summed E-state index contributed by atoms with van der Waals surface area (Å²) in [5, 5.41) is 2.66. The van der Waals surface area contributed by atoms with Crippen LogP contribution in [0, 0.1) is 5.82 Å². The molecule has 2 aromatic carbocycles. The summed E-state index contributed by atoms with van der Waals surface area (Å²) in [6.45, 7) is 0. The molecule has 0 aliphatic carbocycles. The Morgan fingerprint density at radius 1 is 1.20 bits per heavy atom. The SMILES string of the molecule is CN(C)c1cccc(C(=O)Nc2ccc(Cl)c(F)c2)c1. The molecule has 0 spiro atoms. The number of carbonyl (C=O) groups is 1. The van der Waals surface area contributed by atoms with Crippen molar-refractivity contribution in [1.82, 2.24) is 0 Å². The minimum atomic E-state index is -0.563. The molecule has 2 aromatic rings. The van der Waals surface area contributed by atoms with Gasteiger partial charge in [0.05, 0.1) is 5.02 Å². The van der Waals surface area contributed by atoms with Gasteiger partial charge in [-0.15, -0.1) is 0 Å². The number of nitrogens with zero attached hydrogens (tertiary/aromatic N) is 1. The molecule has 2 rings (SSSR count). The van der Waals surface area contributed by atoms with Gasteiger partial charge >= 0.3 is 0 Å². The van der Waals surface area contributed by atoms with Gasteiger partial charge in [-0.1, -0.05) is 17.7 Å². The van der Waals surface area contributed by atoms with Crippen molar-refractivity contribution in [3.8, 4) is 0 Å². The van der Waals surface area contributed by atoms with Crippen molar-refractivity contribution in [2.24, 2.45) is 0 Å². The van der Waals surface area contributed by atoms with E-state index >= 15 is 0 Å². The highest BCUT2D eigenvalue weighted by Gasteiger charge is 2.09. The van der Waals surface area contributed by atoms with E-state index in [1.165, 1.54) is 12.1 Å². The van der Waals surface area contributed by atoms with Crippen LogP contribution in [0.1, 0.15) is 10.4 Å². The van der Waals surface area contributed by atoms with Crippen molar-refractivity contribution in [3.05, 3.63) is 58.9 Å². The van der Waals surface area contributed by atoms with Gasteiger partial charge in [0.15, 0.2) is 0 Å². The lowest BCUT2D eigenvalue weighted by Gasteiger charge is -2.13. The van der Waals surface area contributed by atoms with Gasteiger partial charge in [0.1, 0.15) is 5.82 Å². The number of carbonyl (C=O) groups excluding carboxylic acids is 1. The lowest BCUT2D eigenvalue weighted by atomic mass is 10.1. The number of hydrogen-bond donors (Lipinski definition) is 1. The number of benzene rings is 2. The topological polar surface area (TPSA) is 32.3 Å². The average molecular weight is 293 g/mol. The summed E-state index contributed by atoms with van der Waals surface area (Å²) in [6.07, 6.45) is 0. The van der Waals surface area contributed by atoms with Crippen LogP contribution in [0.3, 0.4) is 0 Å². The molecule has 0 aliphatic rings. The van der Waals surface area contributed by atoms with Crippen molar-refractivity contribution in [1.29, 1.82) is 0 Å². The van der Waals surface area contributed by atoms with Crippen LogP contribution in [0.2, 0.25) is 5.02 Å². The minimum Gasteiger partial charge on any atom is -0.378 e. The fourth-order valence-electron chi connectivity index (χ4n) is 1.70. The number of amides is 1. The third-order valence-corrected chi connectivity index (χ3v) is 3.11. The van der Waals surface area contributed by atoms with Crippen LogP contribution in [0.25, 0.3) is 0 Å². The molecular formula is C15H14ClFN2O. The molecule has 0 radical (unpaired) electrons. The minimum absolute atomic E-state index is 0.0256. The summed E-state index contributed by atoms with van der Waals surface area (Å²) in [4.78, 5) is 14.0. The Hall–Kier alpha value is -2.07. The average Bonchev–Trinajstić information content (AvgIpc) is 2.43. The number of halogens is 2. The first-order chi connectivity index (χ1) is 9.47. The predicted octanol–water partition coefficient (Wildman–Crippen LogP) is 3.80. The predicted molar refractivity (Wildman–Crippen MR) is 80.1 cm³/mol. The molecule has 0 aromatic heterocycles. The van der Waals surface area contributed by atoms with E-state index in [2.05, 4.69) is 5.32 Å². The second kappa shape index (κ2) is 5.92. The zero-order valence-corrected chi connectivity index (χ0v) is 11.9. The first-order valence-corrected chi connectivity index (χ1v) is 6.39. The number of hydrogen-bond acceptors (Lipinski definition) is 2. The molecule has 20 heavy (non-hydrogen) atoms. The Labute approximate surface area is 122 Å². The normalized spacial score (nSPS) is 10.2. The summed E-state index contributed by atoms with van der Waals surface area (Å²) in [5.41, 5.74) is 1.79. The third kappa shape index (κ3) is 3.27. The lowest BCUT2D eigenvalue weighted by molar-refractivity contribution is 0.102. The summed E-state index contributed by atoms with van der Waals surface area (Å²) in [7, 11) is 3.79. The molecule has 0 aliphatic heterocycles. The monoisotopic (exact) mass is 292 g/mol. The molecule has 0 atom stereocenters. The molecular weight excluding hydrogens is 279 g/mol. The van der Waals surface area contributed by atoms with Gasteiger partial charge in [-0.05, 0) is 36.4 Å². The van der Waals surface area contributed by atoms with Crippen LogP contribution in [0.4, 0.5) is 15.8 Å². The molecule has 5 heteroatoms. The fourth-order valence-corrected chi connectivity index (χ4v) is 1.82. The van der Waals surface area contributed by atoms with Gasteiger partial charge in [0, 0.05) is 31.0 Å². The maximum Gasteiger partial charge on any atom is 0.255 e. The standard InChI is InChI=1S/C15H14ClFN2O/c1-19(2)12-5-3-4-10(8-12)15(20)18-11-6-7-13(16)14(17)9-11/h3-9H,1-2H3,(H,18,20). The van der Waals surface area contributed by atoms with E-state index in [0.717, 1.165) is 5.69 Å². The first kappa shape index (κ1) is 14.3. The lowest BCUT2D eigenvalue weighted by Crippen LogP contribution is -2.14. The van der Waals surface area contributed by atoms with Gasteiger partial charge in [-0.25, -0.2) is 4.39 Å². The number of nitrogens with one attached hydrogen (secondary N) is 1. The van der Waals surface area contributed by atoms with Gasteiger partial charge < -0.3 is 10.2 Å². The van der Waals surface area contributed by atoms with Crippen LogP contribution in [0.15, 0.2) is 42.5 Å². The molecule has 0 unspecified atom stereocenters. The van der Waals surface area contributed by atoms with Crippen LogP contribution in [0.5, 0.6) is 0 Å². The molecule has 3 nitrogen and oxygen atoms in total. The summed E-state index contributed by atoms with van der Waals surface area (Å²) >= 11 is 5.60. The van der Waals surface area contributed by atoms with Gasteiger partial charge in [-0.2, -0.15) is 0 Å². The van der Waals surface area contributed by atoms with Crippen molar-refractivity contribution in [3.63, 3.8) is 0 Å². The van der Waals surface area contributed by atoms with Crippen LogP contribution in [-0.4, -0.2) is 20.0 Å². The van der Waals surface area contributed by atoms with Crippen molar-refractivity contribution in [2.45, 2.75) is 0 Å². The zero-order valence-electron chi connectivity index (χ0n) is 11.2. The molecule has 1 N–H and O–H groups in total. The van der Waals surface area contributed by atoms with Gasteiger partial charge in [-0.3, -0.25) is 4.79 Å². The maximum absolute atomic E-state index is 13.3. The van der Waals surface area contributed by atoms with E-state index in [9.17, 15) is 9.18 Å². The second-order valence-electron chi connectivity index (χ2n) is 4.53. The smallest absolute Gasteiger partial charge is 0.255 e. The zero-order chi connectivity index (χ0) is 14.7. The molecule has 1 amide bonds. The van der Waals surface area contributed by atoms with E-state index in [1.807, 2.05) is 25.1 Å². The van der Waals surface area contributed by atoms with E-state index in [1.54, 1.807) is 24.3 Å². The van der Waals surface area contributed by atoms with Crippen LogP contribution >= 0.6 is 11.6 Å². The quantitative estimate of drug-likeness (QED) is 0.933. The highest BCUT2D eigenvalue weighted by atomic mass is 35.5. The van der Waals surface area contributed by atoms with Crippen molar-refractivity contribution in [2.75, 3.05) is 24.3 Å². The second-order valence-corrected chi connectivity index (χ2v) is 4.93. The Morgan fingerprint density at radius 3 is 2.60 bits per heavy atom. The van der Waals surface area contributed by atoms with E-state index < -0.39 is 5.82 Å². The number of anilines is 2. The van der Waals surface area contributed by atoms with Crippen LogP contribution < -0.4 is 10.2 Å². The summed E-state index contributed by atoms with van der Waals surface area (Å²) in [6, 6.07) is 11.3. The van der Waals surface area contributed by atoms with Gasteiger partial charge in [0.2, 0.25) is 0 Å². The Bertz CT molecular complexity index is 644.